The molecule has 4 atom stereocenters. The molecule has 0 aromatic carbocycles. The summed E-state index contributed by atoms with van der Waals surface area (Å²) in [5.74, 6) is 0. The van der Waals surface area contributed by atoms with Gasteiger partial charge in [-0.3, -0.25) is 13.9 Å². The third-order valence-electron chi connectivity index (χ3n) is 3.34. The molecule has 0 radical (unpaired) electrons. The van der Waals surface area contributed by atoms with Gasteiger partial charge in [-0.2, -0.15) is 0 Å². The van der Waals surface area contributed by atoms with Crippen molar-refractivity contribution < 1.29 is 9.47 Å². The van der Waals surface area contributed by atoms with Gasteiger partial charge < -0.3 is 20.9 Å². The van der Waals surface area contributed by atoms with Gasteiger partial charge >= 0.3 is 5.69 Å². The van der Waals surface area contributed by atoms with Crippen molar-refractivity contribution >= 4 is 0 Å². The smallest absolute Gasteiger partial charge is 0.332 e. The predicted molar refractivity (Wildman–Crippen MR) is 67.7 cm³/mol. The lowest BCUT2D eigenvalue weighted by Gasteiger charge is -2.18. The van der Waals surface area contributed by atoms with Gasteiger partial charge in [-0.25, -0.2) is 4.79 Å². The molecule has 0 bridgehead atoms. The first-order chi connectivity index (χ1) is 8.97. The van der Waals surface area contributed by atoms with Gasteiger partial charge in [0.05, 0.1) is 18.7 Å². The maximum atomic E-state index is 12.0. The van der Waals surface area contributed by atoms with E-state index in [1.54, 1.807) is 0 Å². The minimum atomic E-state index is -0.700. The first-order valence-corrected chi connectivity index (χ1v) is 5.91. The molecule has 106 valence electrons. The van der Waals surface area contributed by atoms with Crippen LogP contribution in [0.5, 0.6) is 0 Å². The Balaban J connectivity index is 2.36. The van der Waals surface area contributed by atoms with E-state index in [4.69, 9.17) is 20.9 Å². The van der Waals surface area contributed by atoms with Gasteiger partial charge in [0.1, 0.15) is 6.10 Å². The fourth-order valence-electron chi connectivity index (χ4n) is 2.14. The van der Waals surface area contributed by atoms with Crippen molar-refractivity contribution in [1.29, 1.82) is 0 Å². The Hall–Kier alpha value is -1.48. The number of methoxy groups -OCH3 is 1. The Kier molecular flexibility index (Phi) is 3.85. The van der Waals surface area contributed by atoms with Crippen molar-refractivity contribution in [3.05, 3.63) is 33.1 Å². The molecule has 8 heteroatoms. The van der Waals surface area contributed by atoms with Crippen LogP contribution in [0.2, 0.25) is 0 Å². The van der Waals surface area contributed by atoms with Crippen molar-refractivity contribution in [2.24, 2.45) is 18.5 Å². The molecule has 1 aliphatic heterocycles. The second-order valence-corrected chi connectivity index (χ2v) is 4.58. The van der Waals surface area contributed by atoms with Gasteiger partial charge in [0.2, 0.25) is 0 Å². The third-order valence-corrected chi connectivity index (χ3v) is 3.34. The highest BCUT2D eigenvalue weighted by atomic mass is 16.6. The molecule has 0 aliphatic carbocycles. The zero-order valence-corrected chi connectivity index (χ0v) is 10.9. The van der Waals surface area contributed by atoms with Gasteiger partial charge in [0, 0.05) is 26.4 Å². The van der Waals surface area contributed by atoms with Crippen LogP contribution in [0.15, 0.2) is 21.9 Å². The van der Waals surface area contributed by atoms with Gasteiger partial charge in [0.25, 0.3) is 5.56 Å². The molecule has 1 aromatic heterocycles. The van der Waals surface area contributed by atoms with Crippen LogP contribution in [0.3, 0.4) is 0 Å². The molecule has 19 heavy (non-hydrogen) atoms. The molecule has 0 spiro atoms. The summed E-state index contributed by atoms with van der Waals surface area (Å²) >= 11 is 0. The third kappa shape index (κ3) is 2.35. The van der Waals surface area contributed by atoms with Crippen LogP contribution in [-0.2, 0) is 16.5 Å². The monoisotopic (exact) mass is 270 g/mol. The van der Waals surface area contributed by atoms with Crippen molar-refractivity contribution in [3.8, 4) is 0 Å². The number of hydrogen-bond acceptors (Lipinski definition) is 6. The van der Waals surface area contributed by atoms with E-state index in [0.29, 0.717) is 6.61 Å². The van der Waals surface area contributed by atoms with Crippen molar-refractivity contribution in [3.63, 3.8) is 0 Å². The second kappa shape index (κ2) is 5.25. The Morgan fingerprint density at radius 1 is 1.37 bits per heavy atom. The lowest BCUT2D eigenvalue weighted by molar-refractivity contribution is -0.0390. The zero-order valence-electron chi connectivity index (χ0n) is 10.9. The van der Waals surface area contributed by atoms with E-state index in [2.05, 4.69) is 0 Å². The van der Waals surface area contributed by atoms with Gasteiger partial charge in [-0.15, -0.1) is 0 Å². The molecule has 0 saturated carbocycles. The fourth-order valence-corrected chi connectivity index (χ4v) is 2.14. The van der Waals surface area contributed by atoms with E-state index in [0.717, 1.165) is 4.57 Å². The number of rotatable bonds is 3. The second-order valence-electron chi connectivity index (χ2n) is 4.58. The summed E-state index contributed by atoms with van der Waals surface area (Å²) in [6.07, 6.45) is 0.292. The number of nitrogens with two attached hydrogens (primary N) is 2. The molecule has 1 aromatic rings. The van der Waals surface area contributed by atoms with E-state index in [1.807, 2.05) is 0 Å². The number of ether oxygens (including phenoxy) is 2. The van der Waals surface area contributed by atoms with E-state index in [9.17, 15) is 9.59 Å². The minimum Gasteiger partial charge on any atom is -0.382 e. The Bertz CT molecular complexity index is 567. The molecule has 0 unspecified atom stereocenters. The van der Waals surface area contributed by atoms with Crippen LogP contribution in [0, 0.1) is 0 Å². The minimum absolute atomic E-state index is 0.298. The first kappa shape index (κ1) is 13.9. The molecule has 2 heterocycles. The van der Waals surface area contributed by atoms with E-state index in [-0.39, 0.29) is 11.7 Å². The molecule has 4 N–H and O–H groups in total. The van der Waals surface area contributed by atoms with Crippen LogP contribution < -0.4 is 22.7 Å². The Labute approximate surface area is 109 Å². The molecular formula is C11H18N4O4. The standard InChI is InChI=1S/C11H18N4O4/c1-14-7(16)3-4-15(11(14)17)10-9(13)8(12)6(19-10)5-18-2/h3-4,6,8-10H,5,12-13H2,1-2H3/t6-,8+,9-,10-/m1/s1. The highest BCUT2D eigenvalue weighted by molar-refractivity contribution is 4.97. The Morgan fingerprint density at radius 2 is 2.05 bits per heavy atom. The van der Waals surface area contributed by atoms with Gasteiger partial charge in [0.15, 0.2) is 6.23 Å². The molecule has 2 rings (SSSR count). The highest BCUT2D eigenvalue weighted by Crippen LogP contribution is 2.25. The summed E-state index contributed by atoms with van der Waals surface area (Å²) < 4.78 is 12.9. The summed E-state index contributed by atoms with van der Waals surface area (Å²) in [5, 5.41) is 0. The number of nitrogens with zero attached hydrogens (tertiary/aromatic N) is 2. The summed E-state index contributed by atoms with van der Waals surface area (Å²) in [6.45, 7) is 0.298. The first-order valence-electron chi connectivity index (χ1n) is 5.91. The number of aromatic nitrogens is 2. The molecule has 0 amide bonds. The quantitative estimate of drug-likeness (QED) is 0.641. The lowest BCUT2D eigenvalue weighted by Crippen LogP contribution is -2.48. The normalized spacial score (nSPS) is 30.7. The summed E-state index contributed by atoms with van der Waals surface area (Å²) in [4.78, 5) is 23.4. The maximum absolute atomic E-state index is 12.0. The topological polar surface area (TPSA) is 114 Å². The van der Waals surface area contributed by atoms with Gasteiger partial charge in [-0.1, -0.05) is 0 Å². The Morgan fingerprint density at radius 3 is 2.68 bits per heavy atom. The largest absolute Gasteiger partial charge is 0.382 e. The zero-order chi connectivity index (χ0) is 14.2. The summed E-state index contributed by atoms with van der Waals surface area (Å²) in [5.41, 5.74) is 11.0. The van der Waals surface area contributed by atoms with Crippen LogP contribution in [0.4, 0.5) is 0 Å². The van der Waals surface area contributed by atoms with Crippen molar-refractivity contribution in [2.45, 2.75) is 24.4 Å². The average molecular weight is 270 g/mol. The highest BCUT2D eigenvalue weighted by Gasteiger charge is 2.41. The van der Waals surface area contributed by atoms with E-state index < -0.39 is 24.0 Å². The van der Waals surface area contributed by atoms with Crippen LogP contribution in [0.1, 0.15) is 6.23 Å². The van der Waals surface area contributed by atoms with Crippen molar-refractivity contribution in [2.75, 3.05) is 13.7 Å². The predicted octanol–water partition coefficient (Wildman–Crippen LogP) is -2.25. The van der Waals surface area contributed by atoms with E-state index >= 15 is 0 Å². The van der Waals surface area contributed by atoms with Gasteiger partial charge in [-0.05, 0) is 0 Å². The molecule has 8 nitrogen and oxygen atoms in total. The SMILES string of the molecule is COC[C@H]1O[C@@H](n2ccc(=O)n(C)c2=O)[C@H](N)[C@H]1N. The summed E-state index contributed by atoms with van der Waals surface area (Å²) in [7, 11) is 2.93. The van der Waals surface area contributed by atoms with Crippen LogP contribution >= 0.6 is 0 Å². The fraction of sp³-hybridized carbons (Fsp3) is 0.636. The lowest BCUT2D eigenvalue weighted by atomic mass is 10.1. The maximum Gasteiger partial charge on any atom is 0.332 e. The molecular weight excluding hydrogens is 252 g/mol. The van der Waals surface area contributed by atoms with Crippen LogP contribution in [0.25, 0.3) is 0 Å². The molecule has 1 saturated heterocycles. The number of hydrogen-bond donors (Lipinski definition) is 2. The summed E-state index contributed by atoms with van der Waals surface area (Å²) in [6, 6.07) is 0.302. The average Bonchev–Trinajstić information content (AvgIpc) is 2.65. The molecule has 1 aliphatic rings. The van der Waals surface area contributed by atoms with E-state index in [1.165, 1.54) is 31.0 Å². The molecule has 1 fully saturated rings. The van der Waals surface area contributed by atoms with Crippen LogP contribution in [-0.4, -0.2) is 41.0 Å². The van der Waals surface area contributed by atoms with Crippen molar-refractivity contribution in [1.82, 2.24) is 9.13 Å².